The normalized spacial score (nSPS) is 14.3. The zero-order valence-corrected chi connectivity index (χ0v) is 17.4. The van der Waals surface area contributed by atoms with Crippen molar-refractivity contribution in [1.29, 1.82) is 0 Å². The average molecular weight is 429 g/mol. The molecule has 0 spiro atoms. The zero-order valence-electron chi connectivity index (χ0n) is 15.8. The maximum Gasteiger partial charge on any atom is 0.253 e. The Balaban J connectivity index is 1.73. The molecule has 0 radical (unpaired) electrons. The van der Waals surface area contributed by atoms with Crippen molar-refractivity contribution in [3.05, 3.63) is 83.1 Å². The third-order valence-corrected chi connectivity index (χ3v) is 7.05. The fourth-order valence-electron chi connectivity index (χ4n) is 3.61. The molecule has 0 N–H and O–H groups in total. The first kappa shape index (κ1) is 19.7. The molecule has 5 nitrogen and oxygen atoms in total. The van der Waals surface area contributed by atoms with Crippen LogP contribution in [0.4, 0.5) is 0 Å². The number of hydrogen-bond acceptors (Lipinski definition) is 3. The number of amides is 1. The van der Waals surface area contributed by atoms with E-state index in [9.17, 15) is 13.2 Å². The number of halogens is 1. The van der Waals surface area contributed by atoms with E-state index in [1.807, 2.05) is 40.1 Å². The second kappa shape index (κ2) is 8.05. The monoisotopic (exact) mass is 428 g/mol. The van der Waals surface area contributed by atoms with Gasteiger partial charge in [0.15, 0.2) is 9.84 Å². The van der Waals surface area contributed by atoms with Crippen LogP contribution >= 0.6 is 11.6 Å². The van der Waals surface area contributed by atoms with Gasteiger partial charge in [-0.05, 0) is 73.0 Å². The molecular formula is C22H21ClN2O3S. The van der Waals surface area contributed by atoms with Crippen molar-refractivity contribution in [3.63, 3.8) is 0 Å². The Labute approximate surface area is 175 Å². The first-order valence-corrected chi connectivity index (χ1v) is 11.5. The van der Waals surface area contributed by atoms with Crippen LogP contribution in [0, 0.1) is 0 Å². The smallest absolute Gasteiger partial charge is 0.253 e. The largest absolute Gasteiger partial charge is 0.339 e. The maximum atomic E-state index is 13.0. The van der Waals surface area contributed by atoms with E-state index < -0.39 is 9.84 Å². The van der Waals surface area contributed by atoms with Crippen molar-refractivity contribution in [2.24, 2.45) is 0 Å². The molecule has 1 fully saturated rings. The molecule has 29 heavy (non-hydrogen) atoms. The van der Waals surface area contributed by atoms with Crippen molar-refractivity contribution in [1.82, 2.24) is 9.47 Å². The molecule has 1 amide bonds. The van der Waals surface area contributed by atoms with Gasteiger partial charge < -0.3 is 9.47 Å². The molecule has 1 aliphatic rings. The predicted molar refractivity (Wildman–Crippen MR) is 113 cm³/mol. The van der Waals surface area contributed by atoms with Crippen LogP contribution in [0.5, 0.6) is 0 Å². The molecule has 4 rings (SSSR count). The number of carbonyl (C=O) groups excluding carboxylic acids is 1. The van der Waals surface area contributed by atoms with Crippen LogP contribution in [0.1, 0.15) is 28.8 Å². The van der Waals surface area contributed by atoms with Crippen LogP contribution in [-0.4, -0.2) is 36.9 Å². The number of aromatic nitrogens is 1. The Bertz CT molecular complexity index is 1120. The number of carbonyl (C=O) groups is 1. The van der Waals surface area contributed by atoms with E-state index in [2.05, 4.69) is 0 Å². The molecule has 0 unspecified atom stereocenters. The molecule has 2 aromatic carbocycles. The molecule has 1 saturated heterocycles. The number of hydrogen-bond donors (Lipinski definition) is 0. The molecule has 1 aromatic heterocycles. The Morgan fingerprint density at radius 2 is 1.62 bits per heavy atom. The van der Waals surface area contributed by atoms with Crippen LogP contribution < -0.4 is 0 Å². The lowest BCUT2D eigenvalue weighted by Crippen LogP contribution is -2.27. The van der Waals surface area contributed by atoms with Crippen molar-refractivity contribution < 1.29 is 13.2 Å². The molecule has 0 saturated carbocycles. The van der Waals surface area contributed by atoms with Crippen LogP contribution in [-0.2, 0) is 15.6 Å². The van der Waals surface area contributed by atoms with E-state index in [0.717, 1.165) is 31.6 Å². The summed E-state index contributed by atoms with van der Waals surface area (Å²) < 4.78 is 27.9. The SMILES string of the molecule is O=C(c1ccc(-n2cccc2)c(CS(=O)(=O)c2ccc(Cl)cc2)c1)N1CCCC1. The minimum atomic E-state index is -3.60. The molecule has 3 aromatic rings. The van der Waals surface area contributed by atoms with E-state index in [0.29, 0.717) is 16.1 Å². The first-order valence-electron chi connectivity index (χ1n) is 9.48. The summed E-state index contributed by atoms with van der Waals surface area (Å²) in [4.78, 5) is 14.9. The zero-order chi connectivity index (χ0) is 20.4. The van der Waals surface area contributed by atoms with Gasteiger partial charge in [0.05, 0.1) is 10.6 Å². The summed E-state index contributed by atoms with van der Waals surface area (Å²) in [6, 6.07) is 15.2. The summed E-state index contributed by atoms with van der Waals surface area (Å²) in [5.74, 6) is -0.254. The summed E-state index contributed by atoms with van der Waals surface area (Å²) in [7, 11) is -3.60. The van der Waals surface area contributed by atoms with Gasteiger partial charge in [-0.15, -0.1) is 0 Å². The highest BCUT2D eigenvalue weighted by atomic mass is 35.5. The van der Waals surface area contributed by atoms with Crippen molar-refractivity contribution in [2.45, 2.75) is 23.5 Å². The Hall–Kier alpha value is -2.57. The van der Waals surface area contributed by atoms with E-state index in [1.54, 1.807) is 24.3 Å². The first-order chi connectivity index (χ1) is 13.9. The summed E-state index contributed by atoms with van der Waals surface area (Å²) >= 11 is 5.89. The molecular weight excluding hydrogens is 408 g/mol. The number of benzene rings is 2. The summed E-state index contributed by atoms with van der Waals surface area (Å²) in [5.41, 5.74) is 1.84. The van der Waals surface area contributed by atoms with Gasteiger partial charge in [-0.2, -0.15) is 0 Å². The van der Waals surface area contributed by atoms with Gasteiger partial charge in [-0.25, -0.2) is 8.42 Å². The van der Waals surface area contributed by atoms with Gasteiger partial charge in [0, 0.05) is 41.8 Å². The number of likely N-dealkylation sites (tertiary alicyclic amines) is 1. The van der Waals surface area contributed by atoms with Crippen LogP contribution in [0.2, 0.25) is 5.02 Å². The van der Waals surface area contributed by atoms with Crippen LogP contribution in [0.3, 0.4) is 0 Å². The number of nitrogens with zero attached hydrogens (tertiary/aromatic N) is 2. The quantitative estimate of drug-likeness (QED) is 0.607. The molecule has 150 valence electrons. The molecule has 0 atom stereocenters. The predicted octanol–water partition coefficient (Wildman–Crippen LogP) is 4.34. The van der Waals surface area contributed by atoms with Crippen LogP contribution in [0.25, 0.3) is 5.69 Å². The van der Waals surface area contributed by atoms with E-state index in [4.69, 9.17) is 11.6 Å². The van der Waals surface area contributed by atoms with Gasteiger partial charge in [0.2, 0.25) is 0 Å². The van der Waals surface area contributed by atoms with Gasteiger partial charge in [-0.1, -0.05) is 11.6 Å². The van der Waals surface area contributed by atoms with Gasteiger partial charge in [0.1, 0.15) is 0 Å². The molecule has 1 aliphatic heterocycles. The number of sulfone groups is 1. The second-order valence-electron chi connectivity index (χ2n) is 7.15. The Morgan fingerprint density at radius 3 is 2.28 bits per heavy atom. The second-order valence-corrected chi connectivity index (χ2v) is 9.57. The lowest BCUT2D eigenvalue weighted by molar-refractivity contribution is 0.0792. The molecule has 7 heteroatoms. The highest BCUT2D eigenvalue weighted by Gasteiger charge is 2.23. The minimum absolute atomic E-state index is 0.0494. The van der Waals surface area contributed by atoms with Crippen molar-refractivity contribution in [3.8, 4) is 5.69 Å². The fourth-order valence-corrected chi connectivity index (χ4v) is 5.10. The van der Waals surface area contributed by atoms with E-state index >= 15 is 0 Å². The van der Waals surface area contributed by atoms with Crippen molar-refractivity contribution >= 4 is 27.3 Å². The Kier molecular flexibility index (Phi) is 5.48. The highest BCUT2D eigenvalue weighted by molar-refractivity contribution is 7.90. The summed E-state index contributed by atoms with van der Waals surface area (Å²) in [5, 5.41) is 0.482. The Morgan fingerprint density at radius 1 is 0.966 bits per heavy atom. The molecule has 0 bridgehead atoms. The third kappa shape index (κ3) is 4.23. The third-order valence-electron chi connectivity index (χ3n) is 5.12. The number of rotatable bonds is 5. The lowest BCUT2D eigenvalue weighted by atomic mass is 10.1. The van der Waals surface area contributed by atoms with Crippen LogP contribution in [0.15, 0.2) is 71.9 Å². The van der Waals surface area contributed by atoms with E-state index in [-0.39, 0.29) is 16.6 Å². The highest BCUT2D eigenvalue weighted by Crippen LogP contribution is 2.25. The fraction of sp³-hybridized carbons (Fsp3) is 0.227. The van der Waals surface area contributed by atoms with Gasteiger partial charge >= 0.3 is 0 Å². The summed E-state index contributed by atoms with van der Waals surface area (Å²) in [6.07, 6.45) is 5.72. The van der Waals surface area contributed by atoms with Gasteiger partial charge in [-0.3, -0.25) is 4.79 Å². The van der Waals surface area contributed by atoms with Crippen molar-refractivity contribution in [2.75, 3.05) is 13.1 Å². The topological polar surface area (TPSA) is 59.4 Å². The van der Waals surface area contributed by atoms with E-state index in [1.165, 1.54) is 12.1 Å². The summed E-state index contributed by atoms with van der Waals surface area (Å²) in [6.45, 7) is 1.49. The lowest BCUT2D eigenvalue weighted by Gasteiger charge is -2.18. The maximum absolute atomic E-state index is 13.0. The minimum Gasteiger partial charge on any atom is -0.339 e. The molecule has 2 heterocycles. The van der Waals surface area contributed by atoms with Gasteiger partial charge in [0.25, 0.3) is 5.91 Å². The standard InChI is InChI=1S/C22H21ClN2O3S/c23-19-6-8-20(9-7-19)29(27,28)16-18-15-17(22(26)25-13-3-4-14-25)5-10-21(18)24-11-1-2-12-24/h1-2,5-12,15H,3-4,13-14,16H2. The molecule has 0 aliphatic carbocycles. The average Bonchev–Trinajstić information content (AvgIpc) is 3.41.